The first-order chi connectivity index (χ1) is 18.5. The zero-order valence-electron chi connectivity index (χ0n) is 26.9. The number of ether oxygens (including phenoxy) is 1. The molecule has 0 aromatic rings. The van der Waals surface area contributed by atoms with E-state index in [1.54, 1.807) is 0 Å². The van der Waals surface area contributed by atoms with Crippen molar-refractivity contribution >= 4 is 5.97 Å². The van der Waals surface area contributed by atoms with Crippen LogP contribution in [0, 0.1) is 52.3 Å². The van der Waals surface area contributed by atoms with Gasteiger partial charge in [0.05, 0.1) is 0 Å². The lowest BCUT2D eigenvalue weighted by Crippen LogP contribution is -2.54. The molecule has 0 heterocycles. The largest absolute Gasteiger partial charge is 0.459 e. The Kier molecular flexibility index (Phi) is 10.4. The van der Waals surface area contributed by atoms with Crippen LogP contribution in [-0.2, 0) is 9.53 Å². The van der Waals surface area contributed by atoms with Crippen molar-refractivity contribution in [1.29, 1.82) is 0 Å². The van der Waals surface area contributed by atoms with E-state index >= 15 is 0 Å². The van der Waals surface area contributed by atoms with Crippen LogP contribution in [0.4, 0.5) is 0 Å². The first kappa shape index (κ1) is 31.1. The van der Waals surface area contributed by atoms with Crippen molar-refractivity contribution < 1.29 is 9.53 Å². The summed E-state index contributed by atoms with van der Waals surface area (Å²) in [5.41, 5.74) is 1.67. The van der Waals surface area contributed by atoms with Gasteiger partial charge in [-0.3, -0.25) is 0 Å². The van der Waals surface area contributed by atoms with E-state index in [-0.39, 0.29) is 12.1 Å². The average molecular weight is 542 g/mol. The molecule has 0 radical (unpaired) electrons. The highest BCUT2D eigenvalue weighted by Crippen LogP contribution is 2.68. The van der Waals surface area contributed by atoms with Crippen molar-refractivity contribution in [3.8, 4) is 0 Å². The van der Waals surface area contributed by atoms with Crippen LogP contribution in [0.3, 0.4) is 0 Å². The van der Waals surface area contributed by atoms with Crippen LogP contribution in [0.2, 0.25) is 0 Å². The first-order valence-corrected chi connectivity index (χ1v) is 17.1. The Morgan fingerprint density at radius 2 is 1.67 bits per heavy atom. The second kappa shape index (κ2) is 13.0. The fraction of sp³-hybridized carbons (Fsp3) is 0.917. The van der Waals surface area contributed by atoms with Crippen LogP contribution in [0.1, 0.15) is 131 Å². The highest BCUT2D eigenvalue weighted by Gasteiger charge is 2.60. The van der Waals surface area contributed by atoms with Gasteiger partial charge in [-0.25, -0.2) is 4.79 Å². The van der Waals surface area contributed by atoms with Crippen molar-refractivity contribution in [2.45, 2.75) is 138 Å². The fourth-order valence-corrected chi connectivity index (χ4v) is 10.4. The third kappa shape index (κ3) is 6.65. The maximum Gasteiger partial charge on any atom is 0.333 e. The van der Waals surface area contributed by atoms with Gasteiger partial charge in [-0.15, -0.1) is 0 Å². The Bertz CT molecular complexity index is 836. The van der Waals surface area contributed by atoms with Crippen LogP contribution in [0.15, 0.2) is 12.2 Å². The predicted octanol–water partition coefficient (Wildman–Crippen LogP) is 9.31. The van der Waals surface area contributed by atoms with E-state index in [9.17, 15) is 4.79 Å². The molecule has 0 N–H and O–H groups in total. The monoisotopic (exact) mass is 541 g/mol. The highest BCUT2D eigenvalue weighted by atomic mass is 16.5. The summed E-state index contributed by atoms with van der Waals surface area (Å²) in [4.78, 5) is 15.1. The predicted molar refractivity (Wildman–Crippen MR) is 164 cm³/mol. The molecule has 0 aliphatic heterocycles. The molecule has 4 rings (SSSR count). The summed E-state index contributed by atoms with van der Waals surface area (Å²) in [6.45, 7) is 21.0. The number of hydrogen-bond acceptors (Lipinski definition) is 3. The summed E-state index contributed by atoms with van der Waals surface area (Å²) >= 11 is 0. The van der Waals surface area contributed by atoms with Crippen molar-refractivity contribution in [2.24, 2.45) is 52.3 Å². The van der Waals surface area contributed by atoms with Gasteiger partial charge in [-0.1, -0.05) is 67.4 Å². The summed E-state index contributed by atoms with van der Waals surface area (Å²) < 4.78 is 6.09. The molecule has 4 fully saturated rings. The van der Waals surface area contributed by atoms with Gasteiger partial charge in [-0.05, 0) is 143 Å². The van der Waals surface area contributed by atoms with Gasteiger partial charge >= 0.3 is 5.97 Å². The lowest BCUT2D eigenvalue weighted by molar-refractivity contribution is -0.159. The molecule has 4 aliphatic rings. The molecule has 0 amide bonds. The van der Waals surface area contributed by atoms with Gasteiger partial charge in [0.25, 0.3) is 0 Å². The van der Waals surface area contributed by atoms with Gasteiger partial charge in [-0.2, -0.15) is 0 Å². The van der Waals surface area contributed by atoms with Crippen LogP contribution in [-0.4, -0.2) is 37.1 Å². The lowest BCUT2D eigenvalue weighted by atomic mass is 9.44. The second-order valence-corrected chi connectivity index (χ2v) is 15.6. The summed E-state index contributed by atoms with van der Waals surface area (Å²) in [7, 11) is 2.13. The van der Waals surface area contributed by atoms with Crippen molar-refractivity contribution in [1.82, 2.24) is 4.90 Å². The maximum absolute atomic E-state index is 12.8. The average Bonchev–Trinajstić information content (AvgIpc) is 3.25. The zero-order chi connectivity index (χ0) is 28.4. The number of nitrogens with zero attached hydrogens (tertiary/aromatic N) is 1. The van der Waals surface area contributed by atoms with E-state index in [4.69, 9.17) is 4.74 Å². The van der Waals surface area contributed by atoms with Gasteiger partial charge in [0.2, 0.25) is 0 Å². The second-order valence-electron chi connectivity index (χ2n) is 15.6. The summed E-state index contributed by atoms with van der Waals surface area (Å²) in [5.74, 6) is 5.99. The van der Waals surface area contributed by atoms with Crippen molar-refractivity contribution in [3.05, 3.63) is 12.2 Å². The van der Waals surface area contributed by atoms with Crippen LogP contribution < -0.4 is 0 Å². The lowest BCUT2D eigenvalue weighted by Gasteiger charge is -2.61. The molecule has 224 valence electrons. The number of hydrogen-bond donors (Lipinski definition) is 0. The minimum atomic E-state index is -0.135. The van der Waals surface area contributed by atoms with Crippen LogP contribution in [0.5, 0.6) is 0 Å². The SMILES string of the molecule is C=C(CCCN(C)CC)C(=O)O[C@H]1CC[C@@]2(C)[C@H](CC[C@H]3[C@H]4CC[C@H]([C@H](C)CCCC(C)C)[C@@]4(C)CC[C@H]32)C1. The first-order valence-electron chi connectivity index (χ1n) is 17.1. The Morgan fingerprint density at radius 3 is 2.38 bits per heavy atom. The Balaban J connectivity index is 1.31. The van der Waals surface area contributed by atoms with Gasteiger partial charge in [0.1, 0.15) is 6.10 Å². The van der Waals surface area contributed by atoms with Gasteiger partial charge < -0.3 is 9.64 Å². The Morgan fingerprint density at radius 1 is 0.949 bits per heavy atom. The molecule has 4 aliphatic carbocycles. The van der Waals surface area contributed by atoms with Gasteiger partial charge in [0, 0.05) is 5.57 Å². The minimum Gasteiger partial charge on any atom is -0.459 e. The summed E-state index contributed by atoms with van der Waals surface area (Å²) in [5, 5.41) is 0. The molecule has 0 spiro atoms. The third-order valence-corrected chi connectivity index (χ3v) is 12.9. The number of esters is 1. The van der Waals surface area contributed by atoms with E-state index in [0.29, 0.717) is 22.3 Å². The molecule has 0 bridgehead atoms. The smallest absolute Gasteiger partial charge is 0.333 e. The van der Waals surface area contributed by atoms with E-state index in [1.165, 1.54) is 64.2 Å². The Labute approximate surface area is 242 Å². The fourth-order valence-electron chi connectivity index (χ4n) is 10.4. The Hall–Kier alpha value is -0.830. The van der Waals surface area contributed by atoms with Crippen molar-refractivity contribution in [3.63, 3.8) is 0 Å². The summed E-state index contributed by atoms with van der Waals surface area (Å²) in [6, 6.07) is 0. The van der Waals surface area contributed by atoms with E-state index in [2.05, 4.69) is 60.1 Å². The topological polar surface area (TPSA) is 29.5 Å². The van der Waals surface area contributed by atoms with E-state index in [1.807, 2.05) is 0 Å². The molecule has 0 aromatic carbocycles. The molecular formula is C36H63NO2. The number of carbonyl (C=O) groups is 1. The zero-order valence-corrected chi connectivity index (χ0v) is 26.9. The van der Waals surface area contributed by atoms with Crippen molar-refractivity contribution in [2.75, 3.05) is 20.1 Å². The molecule has 4 saturated carbocycles. The standard InChI is InChI=1S/C36H63NO2/c1-9-37(8)23-11-14-27(5)34(38)39-29-19-21-35(6)28(24-29)15-16-30-32-18-17-31(26(4)13-10-12-25(2)3)36(32,7)22-20-33(30)35/h25-26,28-33H,5,9-24H2,1-4,6-8H3/t26-,28-,29+,30+,31-,32-,33-,35+,36-/m1/s1. The molecule has 9 atom stereocenters. The number of rotatable bonds is 12. The maximum atomic E-state index is 12.8. The molecular weight excluding hydrogens is 478 g/mol. The van der Waals surface area contributed by atoms with E-state index < -0.39 is 0 Å². The molecule has 0 unspecified atom stereocenters. The van der Waals surface area contributed by atoms with E-state index in [0.717, 1.165) is 74.3 Å². The molecule has 39 heavy (non-hydrogen) atoms. The summed E-state index contributed by atoms with van der Waals surface area (Å²) in [6.07, 6.45) is 18.0. The molecule has 0 aromatic heterocycles. The number of fused-ring (bicyclic) bond motifs is 5. The van der Waals surface area contributed by atoms with Crippen LogP contribution in [0.25, 0.3) is 0 Å². The third-order valence-electron chi connectivity index (χ3n) is 12.9. The number of carbonyl (C=O) groups excluding carboxylic acids is 1. The quantitative estimate of drug-likeness (QED) is 0.182. The minimum absolute atomic E-state index is 0.0959. The van der Waals surface area contributed by atoms with Crippen LogP contribution >= 0.6 is 0 Å². The molecule has 0 saturated heterocycles. The normalized spacial score (nSPS) is 38.7. The molecule has 3 nitrogen and oxygen atoms in total. The highest BCUT2D eigenvalue weighted by molar-refractivity contribution is 5.87. The van der Waals surface area contributed by atoms with Gasteiger partial charge in [0.15, 0.2) is 0 Å². The molecule has 3 heteroatoms.